The summed E-state index contributed by atoms with van der Waals surface area (Å²) in [6, 6.07) is 4.35. The summed E-state index contributed by atoms with van der Waals surface area (Å²) >= 11 is 0. The first-order valence-corrected chi connectivity index (χ1v) is 5.29. The van der Waals surface area contributed by atoms with E-state index in [1.165, 1.54) is 23.1 Å². The quantitative estimate of drug-likeness (QED) is 0.757. The maximum absolute atomic E-state index is 11.7. The highest BCUT2D eigenvalue weighted by molar-refractivity contribution is 5.99. The van der Waals surface area contributed by atoms with Crippen LogP contribution in [0.1, 0.15) is 16.9 Å². The number of amides is 2. The van der Waals surface area contributed by atoms with E-state index in [2.05, 4.69) is 4.98 Å². The van der Waals surface area contributed by atoms with Crippen LogP contribution in [0, 0.1) is 5.92 Å². The van der Waals surface area contributed by atoms with E-state index in [9.17, 15) is 14.4 Å². The van der Waals surface area contributed by atoms with Crippen molar-refractivity contribution in [2.45, 2.75) is 6.42 Å². The number of nitrogens with two attached hydrogens (primary N) is 1. The number of aromatic carboxylic acids is 1. The van der Waals surface area contributed by atoms with Gasteiger partial charge in [-0.25, -0.2) is 9.78 Å². The van der Waals surface area contributed by atoms with Gasteiger partial charge in [-0.2, -0.15) is 0 Å². The van der Waals surface area contributed by atoms with Gasteiger partial charge in [0.25, 0.3) is 0 Å². The van der Waals surface area contributed by atoms with Gasteiger partial charge in [-0.15, -0.1) is 0 Å². The molecular weight excluding hydrogens is 238 g/mol. The molecule has 2 amide bonds. The first-order chi connectivity index (χ1) is 8.49. The number of rotatable bonds is 3. The van der Waals surface area contributed by atoms with Crippen molar-refractivity contribution in [1.29, 1.82) is 0 Å². The minimum atomic E-state index is -1.17. The van der Waals surface area contributed by atoms with Gasteiger partial charge in [-0.1, -0.05) is 6.07 Å². The number of aromatic nitrogens is 1. The summed E-state index contributed by atoms with van der Waals surface area (Å²) < 4.78 is 0. The van der Waals surface area contributed by atoms with E-state index in [-0.39, 0.29) is 30.4 Å². The highest BCUT2D eigenvalue weighted by atomic mass is 16.4. The molecule has 1 aromatic heterocycles. The Morgan fingerprint density at radius 1 is 1.44 bits per heavy atom. The fraction of sp³-hybridized carbons (Fsp3) is 0.273. The summed E-state index contributed by atoms with van der Waals surface area (Å²) in [5, 5.41) is 8.82. The predicted octanol–water partition coefficient (Wildman–Crippen LogP) is -0.382. The molecule has 2 rings (SSSR count). The smallest absolute Gasteiger partial charge is 0.354 e. The summed E-state index contributed by atoms with van der Waals surface area (Å²) in [4.78, 5) is 38.6. The van der Waals surface area contributed by atoms with Crippen molar-refractivity contribution in [3.63, 3.8) is 0 Å². The Morgan fingerprint density at radius 2 is 2.17 bits per heavy atom. The maximum atomic E-state index is 11.7. The lowest BCUT2D eigenvalue weighted by Gasteiger charge is -2.15. The molecule has 0 aliphatic carbocycles. The topological polar surface area (TPSA) is 114 Å². The Balaban J connectivity index is 2.27. The normalized spacial score (nSPS) is 19.0. The molecule has 0 spiro atoms. The van der Waals surface area contributed by atoms with Crippen LogP contribution in [0.25, 0.3) is 0 Å². The van der Waals surface area contributed by atoms with Gasteiger partial charge in [0.2, 0.25) is 11.8 Å². The molecule has 7 heteroatoms. The van der Waals surface area contributed by atoms with Crippen LogP contribution >= 0.6 is 0 Å². The molecule has 0 bridgehead atoms. The molecule has 2 heterocycles. The van der Waals surface area contributed by atoms with Gasteiger partial charge < -0.3 is 10.8 Å². The van der Waals surface area contributed by atoms with Crippen LogP contribution in [0.5, 0.6) is 0 Å². The van der Waals surface area contributed by atoms with Crippen molar-refractivity contribution in [2.75, 3.05) is 11.4 Å². The van der Waals surface area contributed by atoms with Crippen molar-refractivity contribution in [3.05, 3.63) is 23.9 Å². The average Bonchev–Trinajstić information content (AvgIpc) is 2.72. The van der Waals surface area contributed by atoms with Crippen LogP contribution in [0.4, 0.5) is 5.82 Å². The van der Waals surface area contributed by atoms with E-state index in [0.29, 0.717) is 0 Å². The highest BCUT2D eigenvalue weighted by Crippen LogP contribution is 2.23. The molecule has 1 aliphatic heterocycles. The van der Waals surface area contributed by atoms with Crippen molar-refractivity contribution in [2.24, 2.45) is 11.7 Å². The number of primary amides is 1. The molecule has 1 unspecified atom stereocenters. The lowest BCUT2D eigenvalue weighted by molar-refractivity contribution is -0.123. The molecule has 1 atom stereocenters. The summed E-state index contributed by atoms with van der Waals surface area (Å²) in [5.74, 6) is -2.32. The predicted molar refractivity (Wildman–Crippen MR) is 60.9 cm³/mol. The van der Waals surface area contributed by atoms with Gasteiger partial charge in [0, 0.05) is 13.0 Å². The maximum Gasteiger partial charge on any atom is 0.354 e. The summed E-state index contributed by atoms with van der Waals surface area (Å²) in [6.07, 6.45) is 0.0360. The Morgan fingerprint density at radius 3 is 2.72 bits per heavy atom. The highest BCUT2D eigenvalue weighted by Gasteiger charge is 2.34. The number of anilines is 1. The number of nitrogens with zero attached hydrogens (tertiary/aromatic N) is 2. The van der Waals surface area contributed by atoms with Crippen molar-refractivity contribution in [3.8, 4) is 0 Å². The summed E-state index contributed by atoms with van der Waals surface area (Å²) in [6.45, 7) is 0.143. The zero-order valence-electron chi connectivity index (χ0n) is 9.37. The Labute approximate surface area is 102 Å². The minimum absolute atomic E-state index is 0.0360. The van der Waals surface area contributed by atoms with Gasteiger partial charge in [-0.05, 0) is 12.1 Å². The molecule has 1 saturated heterocycles. The number of carbonyl (C=O) groups is 3. The second kappa shape index (κ2) is 4.44. The molecule has 1 fully saturated rings. The molecule has 7 nitrogen and oxygen atoms in total. The number of carboxylic acid groups (broad SMARTS) is 1. The number of carbonyl (C=O) groups excluding carboxylic acids is 2. The first kappa shape index (κ1) is 12.0. The van der Waals surface area contributed by atoms with E-state index >= 15 is 0 Å². The van der Waals surface area contributed by atoms with Crippen LogP contribution < -0.4 is 10.6 Å². The van der Waals surface area contributed by atoms with Crippen molar-refractivity contribution < 1.29 is 19.5 Å². The molecule has 1 aromatic rings. The molecule has 3 N–H and O–H groups in total. The van der Waals surface area contributed by atoms with E-state index in [1.807, 2.05) is 0 Å². The second-order valence-electron chi connectivity index (χ2n) is 3.99. The molecule has 1 aliphatic rings. The minimum Gasteiger partial charge on any atom is -0.477 e. The van der Waals surface area contributed by atoms with Crippen LogP contribution in [-0.4, -0.2) is 34.4 Å². The third-order valence-electron chi connectivity index (χ3n) is 2.76. The average molecular weight is 249 g/mol. The lowest BCUT2D eigenvalue weighted by atomic mass is 10.1. The molecular formula is C11H11N3O4. The number of carboxylic acids is 1. The van der Waals surface area contributed by atoms with Crippen LogP contribution in [0.2, 0.25) is 0 Å². The molecule has 0 aromatic carbocycles. The Hall–Kier alpha value is -2.44. The fourth-order valence-corrected chi connectivity index (χ4v) is 1.81. The zero-order chi connectivity index (χ0) is 13.3. The van der Waals surface area contributed by atoms with E-state index in [1.54, 1.807) is 0 Å². The van der Waals surface area contributed by atoms with E-state index in [0.717, 1.165) is 0 Å². The second-order valence-corrected chi connectivity index (χ2v) is 3.99. The van der Waals surface area contributed by atoms with Crippen LogP contribution in [0.3, 0.4) is 0 Å². The monoisotopic (exact) mass is 249 g/mol. The van der Waals surface area contributed by atoms with Gasteiger partial charge in [0.1, 0.15) is 5.82 Å². The number of hydrogen-bond acceptors (Lipinski definition) is 4. The van der Waals surface area contributed by atoms with Gasteiger partial charge in [0.05, 0.1) is 5.92 Å². The molecule has 0 saturated carbocycles. The third kappa shape index (κ3) is 2.15. The van der Waals surface area contributed by atoms with Gasteiger partial charge in [0.15, 0.2) is 5.69 Å². The van der Waals surface area contributed by atoms with E-state index in [4.69, 9.17) is 10.8 Å². The van der Waals surface area contributed by atoms with Crippen molar-refractivity contribution >= 4 is 23.6 Å². The number of pyridine rings is 1. The van der Waals surface area contributed by atoms with Crippen LogP contribution in [0.15, 0.2) is 18.2 Å². The molecule has 94 valence electrons. The summed E-state index contributed by atoms with van der Waals surface area (Å²) in [5.41, 5.74) is 5.00. The number of hydrogen-bond donors (Lipinski definition) is 2. The fourth-order valence-electron chi connectivity index (χ4n) is 1.81. The van der Waals surface area contributed by atoms with Crippen molar-refractivity contribution in [1.82, 2.24) is 4.98 Å². The Kier molecular flexibility index (Phi) is 2.97. The van der Waals surface area contributed by atoms with Crippen LogP contribution in [-0.2, 0) is 9.59 Å². The zero-order valence-corrected chi connectivity index (χ0v) is 9.37. The summed E-state index contributed by atoms with van der Waals surface area (Å²) in [7, 11) is 0. The first-order valence-electron chi connectivity index (χ1n) is 5.29. The lowest BCUT2D eigenvalue weighted by Crippen LogP contribution is -2.29. The SMILES string of the molecule is NC(=O)C1CC(=O)N(c2cccc(C(=O)O)n2)C1. The third-order valence-corrected chi connectivity index (χ3v) is 2.76. The van der Waals surface area contributed by atoms with Gasteiger partial charge >= 0.3 is 5.97 Å². The van der Waals surface area contributed by atoms with E-state index < -0.39 is 17.8 Å². The Bertz CT molecular complexity index is 529. The largest absolute Gasteiger partial charge is 0.477 e. The standard InChI is InChI=1S/C11H11N3O4/c12-10(16)6-4-9(15)14(5-6)8-3-1-2-7(13-8)11(17)18/h1-3,6H,4-5H2,(H2,12,16)(H,17,18). The van der Waals surface area contributed by atoms with Gasteiger partial charge in [-0.3, -0.25) is 14.5 Å². The molecule has 18 heavy (non-hydrogen) atoms. The molecule has 0 radical (unpaired) electrons.